The second-order valence-corrected chi connectivity index (χ2v) is 3.16. The van der Waals surface area contributed by atoms with E-state index < -0.39 is 29.8 Å². The molecule has 0 spiro atoms. The molecule has 0 aromatic heterocycles. The Bertz CT molecular complexity index is 211. The Kier molecular flexibility index (Phi) is 2.06. The maximum absolute atomic E-state index is 10.5. The summed E-state index contributed by atoms with van der Waals surface area (Å²) in [4.78, 5) is 20.8. The van der Waals surface area contributed by atoms with Crippen molar-refractivity contribution in [1.29, 1.82) is 0 Å². The molecule has 5 heteroatoms. The number of carboxylic acids is 2. The summed E-state index contributed by atoms with van der Waals surface area (Å²) in [6.45, 7) is 1.70. The lowest BCUT2D eigenvalue weighted by atomic mass is 10.1. The van der Waals surface area contributed by atoms with Gasteiger partial charge in [-0.25, -0.2) is 0 Å². The smallest absolute Gasteiger partial charge is 0.320 e. The third kappa shape index (κ3) is 1.27. The molecule has 0 saturated heterocycles. The molecule has 4 N–H and O–H groups in total. The van der Waals surface area contributed by atoms with E-state index in [0.29, 0.717) is 0 Å². The number of carbonyl (C=O) groups is 2. The van der Waals surface area contributed by atoms with Gasteiger partial charge in [0.2, 0.25) is 0 Å². The van der Waals surface area contributed by atoms with Crippen molar-refractivity contribution in [2.24, 2.45) is 23.5 Å². The summed E-state index contributed by atoms with van der Waals surface area (Å²) in [6.07, 6.45) is 0. The zero-order valence-electron chi connectivity index (χ0n) is 6.60. The molecule has 5 nitrogen and oxygen atoms in total. The molecule has 0 unspecified atom stereocenters. The van der Waals surface area contributed by atoms with E-state index in [1.54, 1.807) is 6.92 Å². The monoisotopic (exact) mass is 173 g/mol. The molecule has 0 radical (unpaired) electrons. The zero-order valence-corrected chi connectivity index (χ0v) is 6.60. The standard InChI is InChI=1S/C7H11NO4/c1-2-3(4(2)6(9)10)5(8)7(11)12/h2-5H,8H2,1H3,(H,9,10)(H,11,12)/t2-,3+,4+,5+/m1/s1. The van der Waals surface area contributed by atoms with Crippen LogP contribution in [0.4, 0.5) is 0 Å². The van der Waals surface area contributed by atoms with Crippen molar-refractivity contribution in [3.05, 3.63) is 0 Å². The number of hydrogen-bond acceptors (Lipinski definition) is 3. The van der Waals surface area contributed by atoms with E-state index in [9.17, 15) is 9.59 Å². The van der Waals surface area contributed by atoms with Crippen molar-refractivity contribution < 1.29 is 19.8 Å². The van der Waals surface area contributed by atoms with E-state index in [4.69, 9.17) is 15.9 Å². The van der Waals surface area contributed by atoms with Gasteiger partial charge in [0.15, 0.2) is 0 Å². The summed E-state index contributed by atoms with van der Waals surface area (Å²) in [7, 11) is 0. The van der Waals surface area contributed by atoms with E-state index in [0.717, 1.165) is 0 Å². The molecule has 4 atom stereocenters. The van der Waals surface area contributed by atoms with Crippen LogP contribution in [0.25, 0.3) is 0 Å². The molecule has 12 heavy (non-hydrogen) atoms. The Hall–Kier alpha value is -1.10. The molecule has 1 rings (SSSR count). The third-order valence-electron chi connectivity index (χ3n) is 2.43. The van der Waals surface area contributed by atoms with Crippen LogP contribution in [-0.2, 0) is 9.59 Å². The van der Waals surface area contributed by atoms with Gasteiger partial charge in [-0.05, 0) is 5.92 Å². The van der Waals surface area contributed by atoms with E-state index >= 15 is 0 Å². The molecular weight excluding hydrogens is 162 g/mol. The van der Waals surface area contributed by atoms with E-state index in [1.165, 1.54) is 0 Å². The minimum Gasteiger partial charge on any atom is -0.481 e. The topological polar surface area (TPSA) is 101 Å². The molecule has 0 amide bonds. The van der Waals surface area contributed by atoms with Crippen molar-refractivity contribution in [2.45, 2.75) is 13.0 Å². The SMILES string of the molecule is C[C@H]1[C@H](C(=O)O)[C@H]1[C@H](N)C(=O)O. The molecule has 0 heterocycles. The lowest BCUT2D eigenvalue weighted by Crippen LogP contribution is -2.33. The van der Waals surface area contributed by atoms with Crippen LogP contribution >= 0.6 is 0 Å². The Morgan fingerprint density at radius 3 is 2.17 bits per heavy atom. The summed E-state index contributed by atoms with van der Waals surface area (Å²) in [6, 6.07) is -1.04. The first-order chi connectivity index (χ1) is 5.46. The highest BCUT2D eigenvalue weighted by atomic mass is 16.4. The number of carboxylic acid groups (broad SMARTS) is 2. The highest BCUT2D eigenvalue weighted by Gasteiger charge is 2.56. The van der Waals surface area contributed by atoms with Gasteiger partial charge in [-0.2, -0.15) is 0 Å². The molecule has 0 aromatic carbocycles. The maximum Gasteiger partial charge on any atom is 0.320 e. The predicted molar refractivity (Wildman–Crippen MR) is 39.4 cm³/mol. The van der Waals surface area contributed by atoms with Crippen molar-refractivity contribution in [3.63, 3.8) is 0 Å². The van der Waals surface area contributed by atoms with Gasteiger partial charge in [0.1, 0.15) is 6.04 Å². The Labute approximate surface area is 69.2 Å². The van der Waals surface area contributed by atoms with Gasteiger partial charge in [0.25, 0.3) is 0 Å². The van der Waals surface area contributed by atoms with Gasteiger partial charge < -0.3 is 15.9 Å². The summed E-state index contributed by atoms with van der Waals surface area (Å²) in [5, 5.41) is 17.1. The van der Waals surface area contributed by atoms with Crippen LogP contribution < -0.4 is 5.73 Å². The average Bonchev–Trinajstić information content (AvgIpc) is 2.59. The van der Waals surface area contributed by atoms with Gasteiger partial charge >= 0.3 is 11.9 Å². The van der Waals surface area contributed by atoms with Crippen LogP contribution in [0.3, 0.4) is 0 Å². The van der Waals surface area contributed by atoms with Crippen LogP contribution in [0.2, 0.25) is 0 Å². The summed E-state index contributed by atoms with van der Waals surface area (Å²) < 4.78 is 0. The van der Waals surface area contributed by atoms with E-state index in [1.807, 2.05) is 0 Å². The number of aliphatic carboxylic acids is 2. The molecule has 0 aliphatic heterocycles. The third-order valence-corrected chi connectivity index (χ3v) is 2.43. The molecule has 1 fully saturated rings. The molecule has 68 valence electrons. The summed E-state index contributed by atoms with van der Waals surface area (Å²) >= 11 is 0. The number of hydrogen-bond donors (Lipinski definition) is 3. The van der Waals surface area contributed by atoms with Crippen molar-refractivity contribution in [2.75, 3.05) is 0 Å². The van der Waals surface area contributed by atoms with Crippen LogP contribution in [-0.4, -0.2) is 28.2 Å². The highest BCUT2D eigenvalue weighted by Crippen LogP contribution is 2.47. The largest absolute Gasteiger partial charge is 0.481 e. The van der Waals surface area contributed by atoms with Gasteiger partial charge in [-0.15, -0.1) is 0 Å². The van der Waals surface area contributed by atoms with Crippen LogP contribution in [0.1, 0.15) is 6.92 Å². The highest BCUT2D eigenvalue weighted by molar-refractivity contribution is 5.80. The normalized spacial score (nSPS) is 35.7. The van der Waals surface area contributed by atoms with E-state index in [2.05, 4.69) is 0 Å². The zero-order chi connectivity index (χ0) is 9.46. The fraction of sp³-hybridized carbons (Fsp3) is 0.714. The number of rotatable bonds is 3. The van der Waals surface area contributed by atoms with Crippen molar-refractivity contribution >= 4 is 11.9 Å². The van der Waals surface area contributed by atoms with Crippen LogP contribution in [0.15, 0.2) is 0 Å². The molecule has 0 aromatic rings. The minimum atomic E-state index is -1.13. The van der Waals surface area contributed by atoms with Crippen LogP contribution in [0.5, 0.6) is 0 Å². The summed E-state index contributed by atoms with van der Waals surface area (Å²) in [5.41, 5.74) is 5.28. The average molecular weight is 173 g/mol. The van der Waals surface area contributed by atoms with Gasteiger partial charge in [0, 0.05) is 5.92 Å². The first-order valence-corrected chi connectivity index (χ1v) is 3.68. The van der Waals surface area contributed by atoms with E-state index in [-0.39, 0.29) is 5.92 Å². The van der Waals surface area contributed by atoms with Crippen LogP contribution in [0, 0.1) is 17.8 Å². The molecule has 1 aliphatic rings. The van der Waals surface area contributed by atoms with Gasteiger partial charge in [-0.1, -0.05) is 6.92 Å². The second kappa shape index (κ2) is 2.75. The maximum atomic E-state index is 10.5. The summed E-state index contributed by atoms with van der Waals surface area (Å²) in [5.74, 6) is -3.18. The van der Waals surface area contributed by atoms with Crippen molar-refractivity contribution in [1.82, 2.24) is 0 Å². The quantitative estimate of drug-likeness (QED) is 0.527. The lowest BCUT2D eigenvalue weighted by molar-refractivity contribution is -0.140. The Balaban J connectivity index is 2.58. The molecule has 0 bridgehead atoms. The minimum absolute atomic E-state index is 0.117. The number of nitrogens with two attached hydrogens (primary N) is 1. The second-order valence-electron chi connectivity index (χ2n) is 3.16. The fourth-order valence-corrected chi connectivity index (χ4v) is 1.60. The Morgan fingerprint density at radius 1 is 1.42 bits per heavy atom. The molecule has 1 saturated carbocycles. The molecular formula is C7H11NO4. The predicted octanol–water partition coefficient (Wildman–Crippen LogP) is -0.635. The lowest BCUT2D eigenvalue weighted by Gasteiger charge is -2.02. The first-order valence-electron chi connectivity index (χ1n) is 3.68. The molecule has 1 aliphatic carbocycles. The fourth-order valence-electron chi connectivity index (χ4n) is 1.60. The van der Waals surface area contributed by atoms with Gasteiger partial charge in [-0.3, -0.25) is 9.59 Å². The Morgan fingerprint density at radius 2 is 1.92 bits per heavy atom. The van der Waals surface area contributed by atoms with Crippen molar-refractivity contribution in [3.8, 4) is 0 Å². The van der Waals surface area contributed by atoms with Gasteiger partial charge in [0.05, 0.1) is 5.92 Å². The first kappa shape index (κ1) is 8.99.